The van der Waals surface area contributed by atoms with Crippen LogP contribution in [-0.4, -0.2) is 127 Å². The lowest BCUT2D eigenvalue weighted by Crippen LogP contribution is -2.64. The van der Waals surface area contributed by atoms with E-state index in [4.69, 9.17) is 17.3 Å². The van der Waals surface area contributed by atoms with Crippen LogP contribution in [0.25, 0.3) is 17.1 Å². The van der Waals surface area contributed by atoms with Crippen LogP contribution in [0.1, 0.15) is 46.4 Å². The molecule has 0 saturated carbocycles. The molecule has 0 aliphatic carbocycles. The minimum Gasteiger partial charge on any atom is -0.544 e. The number of aliphatic carboxylic acids is 1. The second-order valence-electron chi connectivity index (χ2n) is 15.4. The zero-order valence-electron chi connectivity index (χ0n) is 31.8. The van der Waals surface area contributed by atoms with Gasteiger partial charge in [0.05, 0.1) is 65.5 Å². The highest BCUT2D eigenvalue weighted by atomic mass is 35.5. The molecule has 0 bridgehead atoms. The molecular formula is C38H43ClF3N11O5. The van der Waals surface area contributed by atoms with Gasteiger partial charge in [0, 0.05) is 82.4 Å². The van der Waals surface area contributed by atoms with Crippen LogP contribution in [0, 0.1) is 11.8 Å². The van der Waals surface area contributed by atoms with Crippen molar-refractivity contribution in [3.63, 3.8) is 0 Å². The maximum absolute atomic E-state index is 14.1. The SMILES string of the molecule is C[C@H]1CN(C(=O)C2CC[N+](CC(=O)[O-])(CC3CNC3)CC2)CCN1C(=O)c1ccc(NC(=O)c2ncc(-c3cn(-c4ccc(N)cn4)nc3C(F)(F)F)n2C)cc1Cl. The number of quaternary nitrogens is 1. The van der Waals surface area contributed by atoms with Gasteiger partial charge in [-0.2, -0.15) is 18.3 Å². The summed E-state index contributed by atoms with van der Waals surface area (Å²) in [4.78, 5) is 63.8. The number of piperidine rings is 1. The van der Waals surface area contributed by atoms with Gasteiger partial charge in [-0.15, -0.1) is 0 Å². The molecule has 4 N–H and O–H groups in total. The number of carbonyl (C=O) groups excluding carboxylic acids is 4. The van der Waals surface area contributed by atoms with Gasteiger partial charge in [-0.25, -0.2) is 14.6 Å². The van der Waals surface area contributed by atoms with Crippen LogP contribution in [0.4, 0.5) is 24.5 Å². The molecule has 3 amide bonds. The molecule has 58 heavy (non-hydrogen) atoms. The number of likely N-dealkylation sites (tertiary alicyclic amines) is 1. The number of halogens is 4. The number of carbonyl (C=O) groups is 4. The van der Waals surface area contributed by atoms with Gasteiger partial charge in [0.1, 0.15) is 6.54 Å². The first kappa shape index (κ1) is 40.7. The molecule has 3 aromatic heterocycles. The molecule has 0 spiro atoms. The van der Waals surface area contributed by atoms with E-state index in [1.54, 1.807) is 9.80 Å². The summed E-state index contributed by atoms with van der Waals surface area (Å²) in [6.07, 6.45) is -0.0780. The third-order valence-corrected chi connectivity index (χ3v) is 11.7. The van der Waals surface area contributed by atoms with E-state index in [9.17, 15) is 37.5 Å². The third-order valence-electron chi connectivity index (χ3n) is 11.3. The van der Waals surface area contributed by atoms with Crippen LogP contribution in [0.3, 0.4) is 0 Å². The quantitative estimate of drug-likeness (QED) is 0.199. The molecule has 0 radical (unpaired) electrons. The number of nitrogens with two attached hydrogens (primary N) is 1. The van der Waals surface area contributed by atoms with Crippen molar-refractivity contribution < 1.29 is 41.9 Å². The number of anilines is 2. The number of nitrogen functional groups attached to an aromatic ring is 1. The highest BCUT2D eigenvalue weighted by Crippen LogP contribution is 2.37. The molecule has 3 saturated heterocycles. The normalized spacial score (nSPS) is 21.4. The van der Waals surface area contributed by atoms with Gasteiger partial charge in [0.15, 0.2) is 17.3 Å². The number of piperazine rings is 1. The lowest BCUT2D eigenvalue weighted by Gasteiger charge is -2.48. The van der Waals surface area contributed by atoms with Gasteiger partial charge in [0.25, 0.3) is 11.8 Å². The van der Waals surface area contributed by atoms with E-state index in [0.717, 1.165) is 36.7 Å². The van der Waals surface area contributed by atoms with Crippen molar-refractivity contribution in [2.75, 3.05) is 70.0 Å². The Morgan fingerprint density at radius 1 is 1.07 bits per heavy atom. The Hall–Kier alpha value is -5.53. The number of nitrogens with zero attached hydrogens (tertiary/aromatic N) is 8. The van der Waals surface area contributed by atoms with Gasteiger partial charge in [-0.05, 0) is 37.3 Å². The first-order valence-electron chi connectivity index (χ1n) is 18.9. The van der Waals surface area contributed by atoms with Crippen LogP contribution < -0.4 is 21.5 Å². The van der Waals surface area contributed by atoms with Crippen molar-refractivity contribution in [2.45, 2.75) is 32.0 Å². The summed E-state index contributed by atoms with van der Waals surface area (Å²) in [7, 11) is 1.40. The number of aromatic nitrogens is 5. The number of hydrogen-bond donors (Lipinski definition) is 3. The predicted octanol–water partition coefficient (Wildman–Crippen LogP) is 2.04. The number of alkyl halides is 3. The molecule has 3 aliphatic heterocycles. The summed E-state index contributed by atoms with van der Waals surface area (Å²) in [6.45, 7) is 6.45. The summed E-state index contributed by atoms with van der Waals surface area (Å²) < 4.78 is 44.9. The summed E-state index contributed by atoms with van der Waals surface area (Å²) in [5.41, 5.74) is 4.84. The lowest BCUT2D eigenvalue weighted by atomic mass is 9.90. The van der Waals surface area contributed by atoms with Gasteiger partial charge in [-0.1, -0.05) is 11.6 Å². The smallest absolute Gasteiger partial charge is 0.435 e. The van der Waals surface area contributed by atoms with Crippen LogP contribution in [0.15, 0.2) is 48.9 Å². The average molecular weight is 826 g/mol. The number of benzene rings is 1. The fourth-order valence-corrected chi connectivity index (χ4v) is 8.45. The van der Waals surface area contributed by atoms with E-state index in [-0.39, 0.29) is 76.0 Å². The maximum Gasteiger partial charge on any atom is 0.435 e. The van der Waals surface area contributed by atoms with E-state index in [0.29, 0.717) is 55.1 Å². The van der Waals surface area contributed by atoms with E-state index in [1.165, 1.54) is 48.1 Å². The minimum atomic E-state index is -4.83. The molecular weight excluding hydrogens is 783 g/mol. The zero-order chi connectivity index (χ0) is 41.5. The molecule has 4 aromatic rings. The fraction of sp³-hybridized carbons (Fsp3) is 0.447. The molecule has 1 aromatic carbocycles. The summed E-state index contributed by atoms with van der Waals surface area (Å²) in [5, 5.41) is 21.2. The number of carboxylic acids is 1. The molecule has 16 nitrogen and oxygen atoms in total. The minimum absolute atomic E-state index is 0.0137. The Bertz CT molecular complexity index is 2210. The highest BCUT2D eigenvalue weighted by Gasteiger charge is 2.42. The highest BCUT2D eigenvalue weighted by molar-refractivity contribution is 6.34. The van der Waals surface area contributed by atoms with Crippen molar-refractivity contribution in [3.05, 3.63) is 71.0 Å². The van der Waals surface area contributed by atoms with Crippen molar-refractivity contribution in [3.8, 4) is 17.1 Å². The summed E-state index contributed by atoms with van der Waals surface area (Å²) >= 11 is 6.58. The Labute approximate surface area is 336 Å². The molecule has 6 heterocycles. The van der Waals surface area contributed by atoms with Crippen LogP contribution in [0.5, 0.6) is 0 Å². The molecule has 7 rings (SSSR count). The monoisotopic (exact) mass is 825 g/mol. The third kappa shape index (κ3) is 8.37. The predicted molar refractivity (Wildman–Crippen MR) is 203 cm³/mol. The van der Waals surface area contributed by atoms with E-state index in [1.807, 2.05) is 6.92 Å². The zero-order valence-corrected chi connectivity index (χ0v) is 32.6. The number of rotatable bonds is 10. The lowest BCUT2D eigenvalue weighted by molar-refractivity contribution is -0.931. The summed E-state index contributed by atoms with van der Waals surface area (Å²) in [6, 6.07) is 6.93. The van der Waals surface area contributed by atoms with Crippen molar-refractivity contribution in [1.29, 1.82) is 0 Å². The Balaban J connectivity index is 0.972. The van der Waals surface area contributed by atoms with Gasteiger partial charge in [0.2, 0.25) is 5.91 Å². The number of pyridine rings is 1. The van der Waals surface area contributed by atoms with E-state index < -0.39 is 23.7 Å². The van der Waals surface area contributed by atoms with Gasteiger partial charge in [-0.3, -0.25) is 14.4 Å². The van der Waals surface area contributed by atoms with Gasteiger partial charge < -0.3 is 45.1 Å². The van der Waals surface area contributed by atoms with Crippen LogP contribution in [-0.2, 0) is 22.8 Å². The Morgan fingerprint density at radius 3 is 2.41 bits per heavy atom. The number of hydrogen-bond acceptors (Lipinski definition) is 10. The second kappa shape index (κ2) is 16.0. The standard InChI is InChI=1S/C38H43ClF3N11O5/c1-22-18-50(36(57)24-7-11-53(12-8-24,21-32(54)55)20-23-14-44-15-23)9-10-51(22)37(58)27-5-4-26(13-29(27)39)47-35(56)34-46-17-30(49(34)2)28-19-52(48-33(28)38(40,41)42)31-6-3-25(43)16-45-31/h3-6,13,16-17,19,22-24,44H,7-12,14-15,18,20-21,43H2,1-2H3,(H-,47,54,55,56,58)/t22-,24?,53?/m0/s1. The van der Waals surface area contributed by atoms with Crippen molar-refractivity contribution >= 4 is 46.7 Å². The molecule has 20 heteroatoms. The van der Waals surface area contributed by atoms with Crippen LogP contribution in [0.2, 0.25) is 5.02 Å². The number of carboxylic acid groups (broad SMARTS) is 1. The van der Waals surface area contributed by atoms with Crippen molar-refractivity contribution in [2.24, 2.45) is 18.9 Å². The average Bonchev–Trinajstić information content (AvgIpc) is 3.77. The first-order valence-corrected chi connectivity index (χ1v) is 19.3. The molecule has 1 atom stereocenters. The topological polar surface area (TPSA) is 196 Å². The molecule has 3 fully saturated rings. The first-order chi connectivity index (χ1) is 27.5. The Kier molecular flexibility index (Phi) is 11.2. The van der Waals surface area contributed by atoms with E-state index in [2.05, 4.69) is 25.7 Å². The summed E-state index contributed by atoms with van der Waals surface area (Å²) in [5.74, 6) is -2.04. The molecule has 3 aliphatic rings. The number of nitrogens with one attached hydrogen (secondary N) is 2. The number of amides is 3. The van der Waals surface area contributed by atoms with E-state index >= 15 is 0 Å². The molecule has 308 valence electrons. The maximum atomic E-state index is 14.1. The molecule has 0 unspecified atom stereocenters. The fourth-order valence-electron chi connectivity index (χ4n) is 8.18. The number of imidazole rings is 1. The second-order valence-corrected chi connectivity index (χ2v) is 15.8. The van der Waals surface area contributed by atoms with Gasteiger partial charge >= 0.3 is 6.18 Å². The van der Waals surface area contributed by atoms with Crippen molar-refractivity contribution in [1.82, 2.24) is 39.4 Å². The largest absolute Gasteiger partial charge is 0.544 e. The van der Waals surface area contributed by atoms with Crippen LogP contribution >= 0.6 is 11.6 Å². The Morgan fingerprint density at radius 2 is 1.81 bits per heavy atom.